The summed E-state index contributed by atoms with van der Waals surface area (Å²) in [6.45, 7) is 0. The van der Waals surface area contributed by atoms with Crippen molar-refractivity contribution in [3.05, 3.63) is 54.2 Å². The van der Waals surface area contributed by atoms with Gasteiger partial charge in [0, 0.05) is 17.4 Å². The molecule has 6 nitrogen and oxygen atoms in total. The number of nitrogens with two attached hydrogens (primary N) is 2. The van der Waals surface area contributed by atoms with Crippen molar-refractivity contribution in [2.24, 2.45) is 0 Å². The number of pyridine rings is 2. The van der Waals surface area contributed by atoms with E-state index in [2.05, 4.69) is 16.0 Å². The van der Waals surface area contributed by atoms with Crippen LogP contribution in [0, 0.1) is 11.3 Å². The average molecular weight is 303 g/mol. The zero-order valence-electron chi connectivity index (χ0n) is 12.1. The number of aromatic nitrogens is 2. The fraction of sp³-hybridized carbons (Fsp3) is 0. The van der Waals surface area contributed by atoms with Crippen molar-refractivity contribution in [3.63, 3.8) is 0 Å². The Morgan fingerprint density at radius 1 is 1.09 bits per heavy atom. The van der Waals surface area contributed by atoms with Crippen molar-refractivity contribution < 1.29 is 5.11 Å². The maximum atomic E-state index is 9.96. The number of hydrogen-bond donors (Lipinski definition) is 3. The van der Waals surface area contributed by atoms with Crippen LogP contribution in [0.4, 0.5) is 11.5 Å². The molecule has 6 heteroatoms. The minimum Gasteiger partial charge on any atom is -0.506 e. The molecule has 0 amide bonds. The Bertz CT molecular complexity index is 931. The van der Waals surface area contributed by atoms with Crippen molar-refractivity contribution in [1.82, 2.24) is 9.97 Å². The second-order valence-corrected chi connectivity index (χ2v) is 4.92. The third-order valence-electron chi connectivity index (χ3n) is 3.39. The van der Waals surface area contributed by atoms with Gasteiger partial charge in [0.2, 0.25) is 0 Å². The van der Waals surface area contributed by atoms with E-state index in [9.17, 15) is 10.4 Å². The van der Waals surface area contributed by atoms with Gasteiger partial charge in [-0.1, -0.05) is 12.1 Å². The normalized spacial score (nSPS) is 10.2. The van der Waals surface area contributed by atoms with E-state index >= 15 is 0 Å². The van der Waals surface area contributed by atoms with Crippen LogP contribution in [-0.2, 0) is 0 Å². The third-order valence-corrected chi connectivity index (χ3v) is 3.39. The monoisotopic (exact) mass is 303 g/mol. The first-order valence-corrected chi connectivity index (χ1v) is 6.81. The van der Waals surface area contributed by atoms with Gasteiger partial charge >= 0.3 is 0 Å². The highest BCUT2D eigenvalue weighted by Crippen LogP contribution is 2.33. The second-order valence-electron chi connectivity index (χ2n) is 4.92. The Labute approximate surface area is 132 Å². The zero-order chi connectivity index (χ0) is 16.4. The Morgan fingerprint density at radius 2 is 1.91 bits per heavy atom. The summed E-state index contributed by atoms with van der Waals surface area (Å²) in [5.74, 6) is 0.0649. The van der Waals surface area contributed by atoms with E-state index in [0.29, 0.717) is 22.6 Å². The summed E-state index contributed by atoms with van der Waals surface area (Å²) in [5.41, 5.74) is 14.6. The lowest BCUT2D eigenvalue weighted by Gasteiger charge is -2.11. The van der Waals surface area contributed by atoms with Gasteiger partial charge in [-0.2, -0.15) is 5.26 Å². The molecule has 0 saturated carbocycles. The quantitative estimate of drug-likeness (QED) is 0.625. The summed E-state index contributed by atoms with van der Waals surface area (Å²) in [5, 5.41) is 19.3. The minimum atomic E-state index is -0.0115. The van der Waals surface area contributed by atoms with E-state index in [1.165, 1.54) is 6.07 Å². The molecule has 23 heavy (non-hydrogen) atoms. The summed E-state index contributed by atoms with van der Waals surface area (Å²) >= 11 is 0. The average Bonchev–Trinajstić information content (AvgIpc) is 2.54. The van der Waals surface area contributed by atoms with Gasteiger partial charge < -0.3 is 16.6 Å². The van der Waals surface area contributed by atoms with Gasteiger partial charge in [0.25, 0.3) is 0 Å². The van der Waals surface area contributed by atoms with Crippen LogP contribution in [-0.4, -0.2) is 15.1 Å². The molecule has 0 spiro atoms. The van der Waals surface area contributed by atoms with Crippen LogP contribution < -0.4 is 11.5 Å². The highest BCUT2D eigenvalue weighted by atomic mass is 16.3. The molecule has 0 radical (unpaired) electrons. The number of rotatable bonds is 2. The Kier molecular flexibility index (Phi) is 3.53. The van der Waals surface area contributed by atoms with Crippen molar-refractivity contribution in [2.75, 3.05) is 11.5 Å². The number of nitriles is 1. The molecule has 0 saturated heterocycles. The molecule has 0 aliphatic rings. The standard InChI is InChI=1S/C17H13N5O/c18-9-13-12(10-3-1-4-11(19)7-10)8-14(22-17(13)20)16-15(23)5-2-6-21-16/h1-8,23H,19H2,(H2,20,22). The highest BCUT2D eigenvalue weighted by molar-refractivity contribution is 5.81. The van der Waals surface area contributed by atoms with Gasteiger partial charge in [-0.05, 0) is 35.9 Å². The Balaban J connectivity index is 2.27. The molecule has 0 atom stereocenters. The summed E-state index contributed by atoms with van der Waals surface area (Å²) in [6, 6.07) is 14.0. The van der Waals surface area contributed by atoms with Gasteiger partial charge in [0.1, 0.15) is 28.9 Å². The lowest BCUT2D eigenvalue weighted by molar-refractivity contribution is 0.475. The molecule has 2 aromatic heterocycles. The summed E-state index contributed by atoms with van der Waals surface area (Å²) in [4.78, 5) is 8.31. The first-order chi connectivity index (χ1) is 11.1. The predicted molar refractivity (Wildman–Crippen MR) is 88.1 cm³/mol. The number of aromatic hydroxyl groups is 1. The van der Waals surface area contributed by atoms with Gasteiger partial charge in [0.05, 0.1) is 5.69 Å². The summed E-state index contributed by atoms with van der Waals surface area (Å²) in [7, 11) is 0. The lowest BCUT2D eigenvalue weighted by atomic mass is 9.99. The van der Waals surface area contributed by atoms with Crippen molar-refractivity contribution in [1.29, 1.82) is 5.26 Å². The summed E-state index contributed by atoms with van der Waals surface area (Å²) < 4.78 is 0. The van der Waals surface area contributed by atoms with Gasteiger partial charge in [-0.15, -0.1) is 0 Å². The largest absolute Gasteiger partial charge is 0.506 e. The van der Waals surface area contributed by atoms with Crippen LogP contribution in [0.25, 0.3) is 22.5 Å². The number of hydrogen-bond acceptors (Lipinski definition) is 6. The molecule has 0 bridgehead atoms. The summed E-state index contributed by atoms with van der Waals surface area (Å²) in [6.07, 6.45) is 1.55. The van der Waals surface area contributed by atoms with Crippen LogP contribution >= 0.6 is 0 Å². The molecule has 1 aromatic carbocycles. The number of anilines is 2. The topological polar surface area (TPSA) is 122 Å². The van der Waals surface area contributed by atoms with Gasteiger partial charge in [-0.3, -0.25) is 4.98 Å². The second kappa shape index (κ2) is 5.66. The molecule has 5 N–H and O–H groups in total. The van der Waals surface area contributed by atoms with Crippen LogP contribution in [0.3, 0.4) is 0 Å². The molecule has 0 unspecified atom stereocenters. The lowest BCUT2D eigenvalue weighted by Crippen LogP contribution is -2.00. The van der Waals surface area contributed by atoms with E-state index in [1.807, 2.05) is 6.07 Å². The molecule has 0 aliphatic heterocycles. The highest BCUT2D eigenvalue weighted by Gasteiger charge is 2.15. The molecule has 3 aromatic rings. The molecular formula is C17H13N5O. The van der Waals surface area contributed by atoms with Crippen molar-refractivity contribution in [3.8, 4) is 34.3 Å². The van der Waals surface area contributed by atoms with E-state index in [4.69, 9.17) is 11.5 Å². The van der Waals surface area contributed by atoms with E-state index < -0.39 is 0 Å². The first-order valence-electron chi connectivity index (χ1n) is 6.81. The zero-order valence-corrected chi connectivity index (χ0v) is 12.1. The third kappa shape index (κ3) is 2.63. The molecule has 0 aliphatic carbocycles. The minimum absolute atomic E-state index is 0.0115. The van der Waals surface area contributed by atoms with Crippen molar-refractivity contribution >= 4 is 11.5 Å². The smallest absolute Gasteiger partial charge is 0.143 e. The van der Waals surface area contributed by atoms with E-state index in [-0.39, 0.29) is 17.1 Å². The van der Waals surface area contributed by atoms with Crippen LogP contribution in [0.1, 0.15) is 5.56 Å². The van der Waals surface area contributed by atoms with Gasteiger partial charge in [0.15, 0.2) is 0 Å². The maximum absolute atomic E-state index is 9.96. The Hall–Kier alpha value is -3.59. The first kappa shape index (κ1) is 14.4. The molecule has 112 valence electrons. The van der Waals surface area contributed by atoms with E-state index in [1.54, 1.807) is 36.5 Å². The molecule has 2 heterocycles. The number of benzene rings is 1. The van der Waals surface area contributed by atoms with Crippen LogP contribution in [0.5, 0.6) is 5.75 Å². The fourth-order valence-electron chi connectivity index (χ4n) is 2.33. The fourth-order valence-corrected chi connectivity index (χ4v) is 2.33. The van der Waals surface area contributed by atoms with Gasteiger partial charge in [-0.25, -0.2) is 4.98 Å². The molecule has 3 rings (SSSR count). The molecular weight excluding hydrogens is 290 g/mol. The van der Waals surface area contributed by atoms with Crippen molar-refractivity contribution in [2.45, 2.75) is 0 Å². The van der Waals surface area contributed by atoms with Crippen LogP contribution in [0.2, 0.25) is 0 Å². The SMILES string of the molecule is N#Cc1c(-c2cccc(N)c2)cc(-c2ncccc2O)nc1N. The number of nitrogens with zero attached hydrogens (tertiary/aromatic N) is 3. The maximum Gasteiger partial charge on any atom is 0.143 e. The molecule has 0 fully saturated rings. The predicted octanol–water partition coefficient (Wildman–Crippen LogP) is 2.55. The van der Waals surface area contributed by atoms with E-state index in [0.717, 1.165) is 5.56 Å². The number of nitrogen functional groups attached to an aromatic ring is 2. The van der Waals surface area contributed by atoms with Crippen LogP contribution in [0.15, 0.2) is 48.7 Å². The Morgan fingerprint density at radius 3 is 2.61 bits per heavy atom.